The standard InChI is InChI=1S/C27H30N6/c28-25(31-15-1-2-16-31)12-7-21-5-10-23(11-6-21)24-20-33-19-22(9-14-27(33)30-24)8-13-26(29)32-17-3-4-18-32/h5-14,19-20,28-29H,1-4,15-18H2/b12-7+,13-8+,28-25?,29-26?. The summed E-state index contributed by atoms with van der Waals surface area (Å²) in [7, 11) is 0. The zero-order valence-corrected chi connectivity index (χ0v) is 18.9. The van der Waals surface area contributed by atoms with E-state index in [-0.39, 0.29) is 0 Å². The van der Waals surface area contributed by atoms with Crippen LogP contribution in [0.5, 0.6) is 0 Å². The van der Waals surface area contributed by atoms with E-state index in [0.717, 1.165) is 54.2 Å². The first-order valence-electron chi connectivity index (χ1n) is 11.8. The number of likely N-dealkylation sites (tertiary alicyclic amines) is 2. The summed E-state index contributed by atoms with van der Waals surface area (Å²) in [4.78, 5) is 9.02. The maximum Gasteiger partial charge on any atom is 0.137 e. The van der Waals surface area contributed by atoms with E-state index in [1.165, 1.54) is 25.7 Å². The maximum atomic E-state index is 8.23. The molecule has 0 atom stereocenters. The molecule has 3 aromatic rings. The quantitative estimate of drug-likeness (QED) is 0.426. The summed E-state index contributed by atoms with van der Waals surface area (Å²) in [5, 5.41) is 16.4. The first-order valence-corrected chi connectivity index (χ1v) is 11.8. The van der Waals surface area contributed by atoms with E-state index in [1.807, 2.05) is 47.0 Å². The molecule has 0 unspecified atom stereocenters. The second-order valence-electron chi connectivity index (χ2n) is 8.80. The van der Waals surface area contributed by atoms with Gasteiger partial charge in [-0.05, 0) is 67.2 Å². The van der Waals surface area contributed by atoms with Crippen LogP contribution in [0.3, 0.4) is 0 Å². The van der Waals surface area contributed by atoms with Crippen molar-refractivity contribution in [3.05, 3.63) is 72.1 Å². The molecule has 4 heterocycles. The minimum atomic E-state index is 0.587. The van der Waals surface area contributed by atoms with Gasteiger partial charge in [0.05, 0.1) is 5.69 Å². The van der Waals surface area contributed by atoms with Crippen molar-refractivity contribution in [2.45, 2.75) is 25.7 Å². The highest BCUT2D eigenvalue weighted by Crippen LogP contribution is 2.21. The number of fused-ring (bicyclic) bond motifs is 1. The van der Waals surface area contributed by atoms with E-state index >= 15 is 0 Å². The summed E-state index contributed by atoms with van der Waals surface area (Å²) in [5.41, 5.74) is 5.04. The summed E-state index contributed by atoms with van der Waals surface area (Å²) >= 11 is 0. The van der Waals surface area contributed by atoms with Gasteiger partial charge in [-0.25, -0.2) is 4.98 Å². The van der Waals surface area contributed by atoms with Crippen LogP contribution in [0, 0.1) is 10.8 Å². The fourth-order valence-corrected chi connectivity index (χ4v) is 4.49. The lowest BCUT2D eigenvalue weighted by molar-refractivity contribution is 0.519. The molecule has 0 bridgehead atoms. The van der Waals surface area contributed by atoms with E-state index in [2.05, 4.69) is 40.3 Å². The number of pyridine rings is 1. The number of amidine groups is 2. The summed E-state index contributed by atoms with van der Waals surface area (Å²) in [6.45, 7) is 3.97. The zero-order chi connectivity index (χ0) is 22.6. The summed E-state index contributed by atoms with van der Waals surface area (Å²) in [6, 6.07) is 12.4. The molecule has 6 nitrogen and oxygen atoms in total. The van der Waals surface area contributed by atoms with Gasteiger partial charge in [0.15, 0.2) is 0 Å². The van der Waals surface area contributed by atoms with Crippen molar-refractivity contribution >= 4 is 29.5 Å². The number of hydrogen-bond donors (Lipinski definition) is 2. The third-order valence-electron chi connectivity index (χ3n) is 6.44. The Morgan fingerprint density at radius 3 is 1.85 bits per heavy atom. The third kappa shape index (κ3) is 4.90. The van der Waals surface area contributed by atoms with Crippen LogP contribution in [0.4, 0.5) is 0 Å². The zero-order valence-electron chi connectivity index (χ0n) is 18.9. The monoisotopic (exact) mass is 438 g/mol. The van der Waals surface area contributed by atoms with Crippen LogP contribution >= 0.6 is 0 Å². The van der Waals surface area contributed by atoms with Gasteiger partial charge in [0.2, 0.25) is 0 Å². The Balaban J connectivity index is 1.27. The Labute approximate surface area is 194 Å². The molecule has 2 aromatic heterocycles. The van der Waals surface area contributed by atoms with Crippen LogP contribution in [0.25, 0.3) is 29.1 Å². The normalized spacial score (nSPS) is 16.6. The average molecular weight is 439 g/mol. The molecule has 0 radical (unpaired) electrons. The van der Waals surface area contributed by atoms with Gasteiger partial charge in [-0.1, -0.05) is 30.3 Å². The van der Waals surface area contributed by atoms with Crippen molar-refractivity contribution in [1.29, 1.82) is 10.8 Å². The number of aromatic nitrogens is 2. The first kappa shape index (κ1) is 21.2. The maximum absolute atomic E-state index is 8.23. The number of benzene rings is 1. The van der Waals surface area contributed by atoms with E-state index in [4.69, 9.17) is 15.8 Å². The van der Waals surface area contributed by atoms with Crippen molar-refractivity contribution in [3.8, 4) is 11.3 Å². The molecule has 168 valence electrons. The van der Waals surface area contributed by atoms with E-state index in [9.17, 15) is 0 Å². The van der Waals surface area contributed by atoms with E-state index in [1.54, 1.807) is 0 Å². The largest absolute Gasteiger partial charge is 0.357 e. The Hall–Kier alpha value is -3.67. The molecule has 0 aliphatic carbocycles. The van der Waals surface area contributed by atoms with Crippen molar-refractivity contribution in [2.75, 3.05) is 26.2 Å². The fraction of sp³-hybridized carbons (Fsp3) is 0.296. The summed E-state index contributed by atoms with van der Waals surface area (Å²) in [6.07, 6.45) is 16.6. The van der Waals surface area contributed by atoms with Gasteiger partial charge in [-0.3, -0.25) is 10.8 Å². The molecular formula is C27H30N6. The van der Waals surface area contributed by atoms with Gasteiger partial charge in [-0.15, -0.1) is 0 Å². The van der Waals surface area contributed by atoms with E-state index < -0.39 is 0 Å². The molecule has 33 heavy (non-hydrogen) atoms. The van der Waals surface area contributed by atoms with Gasteiger partial charge in [0.1, 0.15) is 17.3 Å². The molecular weight excluding hydrogens is 408 g/mol. The van der Waals surface area contributed by atoms with Gasteiger partial charge in [0, 0.05) is 44.1 Å². The highest BCUT2D eigenvalue weighted by atomic mass is 15.2. The molecule has 2 N–H and O–H groups in total. The number of imidazole rings is 1. The first-order chi connectivity index (χ1) is 16.2. The minimum absolute atomic E-state index is 0.587. The molecule has 2 aliphatic rings. The highest BCUT2D eigenvalue weighted by molar-refractivity contribution is 5.94. The van der Waals surface area contributed by atoms with Crippen LogP contribution in [0.1, 0.15) is 36.8 Å². The Morgan fingerprint density at radius 2 is 1.24 bits per heavy atom. The van der Waals surface area contributed by atoms with Crippen LogP contribution in [-0.2, 0) is 0 Å². The summed E-state index contributed by atoms with van der Waals surface area (Å²) < 4.78 is 2.04. The lowest BCUT2D eigenvalue weighted by Gasteiger charge is -2.14. The van der Waals surface area contributed by atoms with Crippen molar-refractivity contribution in [2.24, 2.45) is 0 Å². The van der Waals surface area contributed by atoms with Crippen molar-refractivity contribution in [3.63, 3.8) is 0 Å². The van der Waals surface area contributed by atoms with Crippen LogP contribution in [0.15, 0.2) is 60.9 Å². The van der Waals surface area contributed by atoms with Gasteiger partial charge in [-0.2, -0.15) is 0 Å². The second kappa shape index (κ2) is 9.45. The molecule has 2 fully saturated rings. The lowest BCUT2D eigenvalue weighted by atomic mass is 10.1. The predicted octanol–water partition coefficient (Wildman–Crippen LogP) is 5.17. The highest BCUT2D eigenvalue weighted by Gasteiger charge is 2.13. The number of hydrogen-bond acceptors (Lipinski definition) is 3. The predicted molar refractivity (Wildman–Crippen MR) is 136 cm³/mol. The van der Waals surface area contributed by atoms with Gasteiger partial charge < -0.3 is 14.2 Å². The van der Waals surface area contributed by atoms with Crippen molar-refractivity contribution in [1.82, 2.24) is 19.2 Å². The third-order valence-corrected chi connectivity index (χ3v) is 6.44. The summed E-state index contributed by atoms with van der Waals surface area (Å²) in [5.74, 6) is 1.18. The molecule has 2 aliphatic heterocycles. The van der Waals surface area contributed by atoms with Crippen LogP contribution in [-0.4, -0.2) is 57.0 Å². The molecule has 0 amide bonds. The molecule has 1 aromatic carbocycles. The van der Waals surface area contributed by atoms with E-state index in [0.29, 0.717) is 11.7 Å². The van der Waals surface area contributed by atoms with Crippen molar-refractivity contribution < 1.29 is 0 Å². The lowest BCUT2D eigenvalue weighted by Crippen LogP contribution is -2.24. The van der Waals surface area contributed by atoms with Gasteiger partial charge >= 0.3 is 0 Å². The Kier molecular flexibility index (Phi) is 6.07. The Bertz CT molecular complexity index is 1210. The fourth-order valence-electron chi connectivity index (χ4n) is 4.49. The number of nitrogens with zero attached hydrogens (tertiary/aromatic N) is 4. The van der Waals surface area contributed by atoms with Crippen LogP contribution < -0.4 is 0 Å². The number of rotatable bonds is 5. The smallest absolute Gasteiger partial charge is 0.137 e. The van der Waals surface area contributed by atoms with Gasteiger partial charge in [0.25, 0.3) is 0 Å². The SMILES string of the molecule is N=C(/C=C/c1ccc(-c2cn3cc(/C=C/C(=N)N4CCCC4)ccc3n2)cc1)N1CCCC1. The molecule has 6 heteroatoms. The molecule has 5 rings (SSSR count). The topological polar surface area (TPSA) is 71.5 Å². The molecule has 2 saturated heterocycles. The van der Waals surface area contributed by atoms with Crippen LogP contribution in [0.2, 0.25) is 0 Å². The minimum Gasteiger partial charge on any atom is -0.357 e. The molecule has 0 spiro atoms. The average Bonchev–Trinajstić information content (AvgIpc) is 3.62. The number of nitrogens with one attached hydrogen (secondary N) is 2. The molecule has 0 saturated carbocycles. The second-order valence-corrected chi connectivity index (χ2v) is 8.80. The Morgan fingerprint density at radius 1 is 0.697 bits per heavy atom.